The minimum Gasteiger partial charge on any atom is -0.389 e. The Morgan fingerprint density at radius 3 is 2.44 bits per heavy atom. The van der Waals surface area contributed by atoms with Gasteiger partial charge in [0, 0.05) is 17.8 Å². The van der Waals surface area contributed by atoms with Gasteiger partial charge in [0.2, 0.25) is 0 Å². The predicted molar refractivity (Wildman–Crippen MR) is 80.8 cm³/mol. The lowest BCUT2D eigenvalue weighted by Gasteiger charge is -2.11. The molecule has 2 aromatic carbocycles. The maximum atomic E-state index is 5.69. The standard InChI is InChI=1S/C15H16N2S/c1-11-6-8-12(9-7-11)10-17-14-5-3-2-4-13(14)15(16)18/h2-9,17H,10H2,1H3,(H2,16,18). The van der Waals surface area contributed by atoms with Crippen molar-refractivity contribution in [3.63, 3.8) is 0 Å². The second-order valence-electron chi connectivity index (χ2n) is 4.25. The van der Waals surface area contributed by atoms with Crippen molar-refractivity contribution in [1.82, 2.24) is 0 Å². The summed E-state index contributed by atoms with van der Waals surface area (Å²) >= 11 is 5.04. The van der Waals surface area contributed by atoms with Crippen LogP contribution in [-0.2, 0) is 6.54 Å². The molecule has 0 radical (unpaired) electrons. The second kappa shape index (κ2) is 5.65. The van der Waals surface area contributed by atoms with Crippen molar-refractivity contribution < 1.29 is 0 Å². The number of thiocarbonyl (C=S) groups is 1. The maximum absolute atomic E-state index is 5.69. The van der Waals surface area contributed by atoms with E-state index in [2.05, 4.69) is 36.5 Å². The molecule has 0 aliphatic heterocycles. The molecule has 0 saturated carbocycles. The number of rotatable bonds is 4. The van der Waals surface area contributed by atoms with Gasteiger partial charge < -0.3 is 11.1 Å². The van der Waals surface area contributed by atoms with E-state index in [0.29, 0.717) is 4.99 Å². The van der Waals surface area contributed by atoms with E-state index >= 15 is 0 Å². The summed E-state index contributed by atoms with van der Waals surface area (Å²) < 4.78 is 0. The second-order valence-corrected chi connectivity index (χ2v) is 4.69. The zero-order valence-electron chi connectivity index (χ0n) is 10.3. The molecule has 3 N–H and O–H groups in total. The molecule has 3 heteroatoms. The fraction of sp³-hybridized carbons (Fsp3) is 0.133. The number of nitrogens with two attached hydrogens (primary N) is 1. The summed E-state index contributed by atoms with van der Waals surface area (Å²) in [5.74, 6) is 0. The number of benzene rings is 2. The smallest absolute Gasteiger partial charge is 0.106 e. The van der Waals surface area contributed by atoms with Gasteiger partial charge >= 0.3 is 0 Å². The molecule has 2 nitrogen and oxygen atoms in total. The van der Waals surface area contributed by atoms with Crippen LogP contribution in [0.15, 0.2) is 48.5 Å². The van der Waals surface area contributed by atoms with Gasteiger partial charge in [0.1, 0.15) is 4.99 Å². The first kappa shape index (κ1) is 12.6. The van der Waals surface area contributed by atoms with Crippen LogP contribution in [0.1, 0.15) is 16.7 Å². The molecule has 0 aliphatic carbocycles. The molecule has 0 amide bonds. The van der Waals surface area contributed by atoms with Crippen LogP contribution in [-0.4, -0.2) is 4.99 Å². The highest BCUT2D eigenvalue weighted by molar-refractivity contribution is 7.80. The molecular formula is C15H16N2S. The lowest BCUT2D eigenvalue weighted by Crippen LogP contribution is -2.13. The summed E-state index contributed by atoms with van der Waals surface area (Å²) in [6.07, 6.45) is 0. The van der Waals surface area contributed by atoms with Crippen molar-refractivity contribution >= 4 is 22.9 Å². The van der Waals surface area contributed by atoms with Crippen LogP contribution in [0.5, 0.6) is 0 Å². The van der Waals surface area contributed by atoms with Crippen molar-refractivity contribution in [3.05, 3.63) is 65.2 Å². The zero-order valence-corrected chi connectivity index (χ0v) is 11.1. The highest BCUT2D eigenvalue weighted by atomic mass is 32.1. The molecule has 0 spiro atoms. The largest absolute Gasteiger partial charge is 0.389 e. The molecule has 0 fully saturated rings. The van der Waals surface area contributed by atoms with Gasteiger partial charge in [-0.3, -0.25) is 0 Å². The molecule has 0 saturated heterocycles. The van der Waals surface area contributed by atoms with Gasteiger partial charge in [-0.25, -0.2) is 0 Å². The van der Waals surface area contributed by atoms with Crippen LogP contribution in [0.25, 0.3) is 0 Å². The average Bonchev–Trinajstić information content (AvgIpc) is 2.38. The number of nitrogens with one attached hydrogen (secondary N) is 1. The lowest BCUT2D eigenvalue weighted by molar-refractivity contribution is 1.14. The molecule has 0 unspecified atom stereocenters. The van der Waals surface area contributed by atoms with E-state index in [4.69, 9.17) is 18.0 Å². The van der Waals surface area contributed by atoms with Gasteiger partial charge in [-0.05, 0) is 24.6 Å². The first-order chi connectivity index (χ1) is 8.66. The summed E-state index contributed by atoms with van der Waals surface area (Å²) in [5, 5.41) is 3.36. The highest BCUT2D eigenvalue weighted by Crippen LogP contribution is 2.16. The van der Waals surface area contributed by atoms with Crippen molar-refractivity contribution in [1.29, 1.82) is 0 Å². The number of para-hydroxylation sites is 1. The SMILES string of the molecule is Cc1ccc(CNc2ccccc2C(N)=S)cc1. The van der Waals surface area contributed by atoms with Crippen LogP contribution >= 0.6 is 12.2 Å². The molecule has 2 aromatic rings. The van der Waals surface area contributed by atoms with E-state index in [9.17, 15) is 0 Å². The molecule has 0 heterocycles. The number of hydrogen-bond donors (Lipinski definition) is 2. The normalized spacial score (nSPS) is 10.1. The third kappa shape index (κ3) is 3.08. The molecule has 0 atom stereocenters. The molecular weight excluding hydrogens is 240 g/mol. The summed E-state index contributed by atoms with van der Waals surface area (Å²) in [6, 6.07) is 16.3. The van der Waals surface area contributed by atoms with Gasteiger partial charge in [0.25, 0.3) is 0 Å². The lowest BCUT2D eigenvalue weighted by atomic mass is 10.1. The minimum absolute atomic E-state index is 0.419. The van der Waals surface area contributed by atoms with Gasteiger partial charge in [0.05, 0.1) is 0 Å². The third-order valence-electron chi connectivity index (χ3n) is 2.80. The number of anilines is 1. The molecule has 0 aliphatic rings. The summed E-state index contributed by atoms with van der Waals surface area (Å²) in [5.41, 5.74) is 10.1. The van der Waals surface area contributed by atoms with Crippen molar-refractivity contribution in [2.24, 2.45) is 5.73 Å². The van der Waals surface area contributed by atoms with Crippen LogP contribution in [0, 0.1) is 6.92 Å². The van der Waals surface area contributed by atoms with Gasteiger partial charge in [-0.2, -0.15) is 0 Å². The van der Waals surface area contributed by atoms with E-state index in [-0.39, 0.29) is 0 Å². The van der Waals surface area contributed by atoms with E-state index < -0.39 is 0 Å². The quantitative estimate of drug-likeness (QED) is 0.825. The third-order valence-corrected chi connectivity index (χ3v) is 3.02. The molecule has 18 heavy (non-hydrogen) atoms. The average molecular weight is 256 g/mol. The summed E-state index contributed by atoms with van der Waals surface area (Å²) in [6.45, 7) is 2.85. The first-order valence-corrected chi connectivity index (χ1v) is 6.26. The molecule has 0 aromatic heterocycles. The molecule has 0 bridgehead atoms. The van der Waals surface area contributed by atoms with Crippen molar-refractivity contribution in [2.75, 3.05) is 5.32 Å². The number of hydrogen-bond acceptors (Lipinski definition) is 2. The Morgan fingerprint density at radius 2 is 1.78 bits per heavy atom. The Morgan fingerprint density at radius 1 is 1.11 bits per heavy atom. The zero-order chi connectivity index (χ0) is 13.0. The van der Waals surface area contributed by atoms with E-state index in [1.807, 2.05) is 24.3 Å². The highest BCUT2D eigenvalue weighted by Gasteiger charge is 2.03. The van der Waals surface area contributed by atoms with E-state index in [0.717, 1.165) is 17.8 Å². The van der Waals surface area contributed by atoms with Gasteiger partial charge in [-0.15, -0.1) is 0 Å². The van der Waals surface area contributed by atoms with E-state index in [1.165, 1.54) is 11.1 Å². The Bertz CT molecular complexity index is 547. The van der Waals surface area contributed by atoms with Gasteiger partial charge in [-0.1, -0.05) is 54.2 Å². The Kier molecular flexibility index (Phi) is 3.95. The monoisotopic (exact) mass is 256 g/mol. The predicted octanol–water partition coefficient (Wildman–Crippen LogP) is 3.24. The number of aryl methyl sites for hydroxylation is 1. The maximum Gasteiger partial charge on any atom is 0.106 e. The van der Waals surface area contributed by atoms with Crippen LogP contribution in [0.4, 0.5) is 5.69 Å². The fourth-order valence-electron chi connectivity index (χ4n) is 1.76. The first-order valence-electron chi connectivity index (χ1n) is 5.85. The van der Waals surface area contributed by atoms with Crippen LogP contribution in [0.3, 0.4) is 0 Å². The van der Waals surface area contributed by atoms with Gasteiger partial charge in [0.15, 0.2) is 0 Å². The van der Waals surface area contributed by atoms with Crippen molar-refractivity contribution in [2.45, 2.75) is 13.5 Å². The van der Waals surface area contributed by atoms with E-state index in [1.54, 1.807) is 0 Å². The Hall–Kier alpha value is -1.87. The topological polar surface area (TPSA) is 38.0 Å². The fourth-order valence-corrected chi connectivity index (χ4v) is 1.93. The van der Waals surface area contributed by atoms with Crippen LogP contribution < -0.4 is 11.1 Å². The Balaban J connectivity index is 2.10. The Labute approximate surface area is 113 Å². The summed E-state index contributed by atoms with van der Waals surface area (Å²) in [4.78, 5) is 0.419. The summed E-state index contributed by atoms with van der Waals surface area (Å²) in [7, 11) is 0. The van der Waals surface area contributed by atoms with Crippen molar-refractivity contribution in [3.8, 4) is 0 Å². The molecule has 2 rings (SSSR count). The minimum atomic E-state index is 0.419. The van der Waals surface area contributed by atoms with Crippen LogP contribution in [0.2, 0.25) is 0 Å². The molecule has 92 valence electrons.